The second-order valence-corrected chi connectivity index (χ2v) is 6.11. The molecule has 0 amide bonds. The Labute approximate surface area is 144 Å². The van der Waals surface area contributed by atoms with Gasteiger partial charge in [-0.25, -0.2) is 4.79 Å². The van der Waals surface area contributed by atoms with Crippen LogP contribution in [0.15, 0.2) is 65.5 Å². The second kappa shape index (κ2) is 6.39. The lowest BCUT2D eigenvalue weighted by Gasteiger charge is -2.22. The van der Waals surface area contributed by atoms with Crippen molar-refractivity contribution in [3.8, 4) is 11.4 Å². The van der Waals surface area contributed by atoms with E-state index < -0.39 is 5.97 Å². The highest BCUT2D eigenvalue weighted by atomic mass is 16.5. The van der Waals surface area contributed by atoms with E-state index in [-0.39, 0.29) is 11.5 Å². The third-order valence-corrected chi connectivity index (χ3v) is 4.48. The highest BCUT2D eigenvalue weighted by molar-refractivity contribution is 5.89. The van der Waals surface area contributed by atoms with E-state index in [1.54, 1.807) is 18.2 Å². The predicted molar refractivity (Wildman–Crippen MR) is 91.3 cm³/mol. The molecule has 1 N–H and O–H groups in total. The lowest BCUT2D eigenvalue weighted by atomic mass is 9.92. The SMILES string of the molecule is O=C(O)c1cccc(-c2noc(C3C=CC(n4cccc4)CC3)n2)c1. The van der Waals surface area contributed by atoms with Gasteiger partial charge in [0.1, 0.15) is 0 Å². The molecule has 1 aromatic carbocycles. The molecule has 2 heterocycles. The summed E-state index contributed by atoms with van der Waals surface area (Å²) < 4.78 is 7.60. The van der Waals surface area contributed by atoms with E-state index in [1.165, 1.54) is 6.07 Å². The van der Waals surface area contributed by atoms with E-state index in [2.05, 4.69) is 39.3 Å². The van der Waals surface area contributed by atoms with Crippen molar-refractivity contribution in [2.45, 2.75) is 24.8 Å². The normalized spacial score (nSPS) is 19.8. The second-order valence-electron chi connectivity index (χ2n) is 6.11. The zero-order chi connectivity index (χ0) is 17.2. The van der Waals surface area contributed by atoms with E-state index >= 15 is 0 Å². The van der Waals surface area contributed by atoms with E-state index in [9.17, 15) is 4.79 Å². The van der Waals surface area contributed by atoms with Gasteiger partial charge in [-0.15, -0.1) is 0 Å². The van der Waals surface area contributed by atoms with Crippen molar-refractivity contribution in [2.24, 2.45) is 0 Å². The molecule has 6 heteroatoms. The largest absolute Gasteiger partial charge is 0.478 e. The van der Waals surface area contributed by atoms with Gasteiger partial charge < -0.3 is 14.2 Å². The molecule has 0 saturated heterocycles. The Morgan fingerprint density at radius 2 is 2.00 bits per heavy atom. The van der Waals surface area contributed by atoms with Crippen molar-refractivity contribution in [2.75, 3.05) is 0 Å². The van der Waals surface area contributed by atoms with Crippen LogP contribution < -0.4 is 0 Å². The lowest BCUT2D eigenvalue weighted by molar-refractivity contribution is 0.0697. The monoisotopic (exact) mass is 335 g/mol. The molecular formula is C19H17N3O3. The van der Waals surface area contributed by atoms with Crippen molar-refractivity contribution < 1.29 is 14.4 Å². The molecule has 0 saturated carbocycles. The fraction of sp³-hybridized carbons (Fsp3) is 0.211. The first-order valence-corrected chi connectivity index (χ1v) is 8.19. The number of allylic oxidation sites excluding steroid dienone is 2. The van der Waals surface area contributed by atoms with Gasteiger partial charge in [-0.05, 0) is 37.1 Å². The lowest BCUT2D eigenvalue weighted by Crippen LogP contribution is -2.11. The Bertz CT molecular complexity index is 912. The predicted octanol–water partition coefficient (Wildman–Crippen LogP) is 3.91. The minimum atomic E-state index is -0.975. The number of hydrogen-bond acceptors (Lipinski definition) is 4. The number of rotatable bonds is 4. The number of benzene rings is 1. The molecule has 3 aromatic rings. The van der Waals surface area contributed by atoms with Crippen LogP contribution in [0, 0.1) is 0 Å². The third kappa shape index (κ3) is 3.10. The standard InChI is InChI=1S/C19H17N3O3/c23-19(24)15-5-3-4-14(12-15)17-20-18(25-21-17)13-6-8-16(9-7-13)22-10-1-2-11-22/h1-6,8,10-13,16H,7,9H2,(H,23,24). The van der Waals surface area contributed by atoms with Gasteiger partial charge >= 0.3 is 5.97 Å². The van der Waals surface area contributed by atoms with Crippen LogP contribution in [0.1, 0.15) is 41.1 Å². The maximum atomic E-state index is 11.1. The van der Waals surface area contributed by atoms with Crippen LogP contribution in [0.2, 0.25) is 0 Å². The van der Waals surface area contributed by atoms with Crippen LogP contribution in [0.4, 0.5) is 0 Å². The molecule has 0 fully saturated rings. The summed E-state index contributed by atoms with van der Waals surface area (Å²) in [7, 11) is 0. The van der Waals surface area contributed by atoms with Gasteiger partial charge in [-0.1, -0.05) is 29.4 Å². The Kier molecular flexibility index (Phi) is 3.93. The van der Waals surface area contributed by atoms with Crippen molar-refractivity contribution in [3.63, 3.8) is 0 Å². The summed E-state index contributed by atoms with van der Waals surface area (Å²) in [6.07, 6.45) is 10.3. The fourth-order valence-corrected chi connectivity index (χ4v) is 3.12. The van der Waals surface area contributed by atoms with E-state index in [1.807, 2.05) is 12.1 Å². The summed E-state index contributed by atoms with van der Waals surface area (Å²) in [4.78, 5) is 15.6. The average Bonchev–Trinajstić information content (AvgIpc) is 3.34. The van der Waals surface area contributed by atoms with Crippen LogP contribution >= 0.6 is 0 Å². The molecule has 0 spiro atoms. The number of hydrogen-bond donors (Lipinski definition) is 1. The quantitative estimate of drug-likeness (QED) is 0.731. The number of carboxylic acids is 1. The van der Waals surface area contributed by atoms with Crippen molar-refractivity contribution in [3.05, 3.63) is 72.4 Å². The number of carbonyl (C=O) groups is 1. The summed E-state index contributed by atoms with van der Waals surface area (Å²) in [6.45, 7) is 0. The minimum Gasteiger partial charge on any atom is -0.478 e. The van der Waals surface area contributed by atoms with Gasteiger partial charge in [0.05, 0.1) is 17.5 Å². The highest BCUT2D eigenvalue weighted by Gasteiger charge is 2.23. The van der Waals surface area contributed by atoms with Gasteiger partial charge in [0.25, 0.3) is 0 Å². The highest BCUT2D eigenvalue weighted by Crippen LogP contribution is 2.32. The molecule has 0 aliphatic heterocycles. The van der Waals surface area contributed by atoms with Crippen LogP contribution in [-0.2, 0) is 0 Å². The molecule has 4 rings (SSSR count). The first kappa shape index (κ1) is 15.4. The van der Waals surface area contributed by atoms with E-state index in [4.69, 9.17) is 9.63 Å². The van der Waals surface area contributed by atoms with Crippen LogP contribution in [-0.4, -0.2) is 25.8 Å². The summed E-state index contributed by atoms with van der Waals surface area (Å²) in [6, 6.07) is 11.0. The Hall–Kier alpha value is -3.15. The van der Waals surface area contributed by atoms with Gasteiger partial charge in [-0.2, -0.15) is 4.98 Å². The maximum absolute atomic E-state index is 11.1. The van der Waals surface area contributed by atoms with Gasteiger partial charge in [0.2, 0.25) is 11.7 Å². The Balaban J connectivity index is 1.53. The van der Waals surface area contributed by atoms with Crippen LogP contribution in [0.3, 0.4) is 0 Å². The van der Waals surface area contributed by atoms with Crippen LogP contribution in [0.5, 0.6) is 0 Å². The Morgan fingerprint density at radius 1 is 1.16 bits per heavy atom. The molecule has 2 aromatic heterocycles. The number of aromatic carboxylic acids is 1. The first-order chi connectivity index (χ1) is 12.2. The summed E-state index contributed by atoms with van der Waals surface area (Å²) in [5, 5.41) is 13.1. The summed E-state index contributed by atoms with van der Waals surface area (Å²) in [5.41, 5.74) is 0.843. The first-order valence-electron chi connectivity index (χ1n) is 8.19. The van der Waals surface area contributed by atoms with E-state index in [0.29, 0.717) is 23.3 Å². The molecule has 2 unspecified atom stereocenters. The summed E-state index contributed by atoms with van der Waals surface area (Å²) >= 11 is 0. The van der Waals surface area contributed by atoms with Gasteiger partial charge in [-0.3, -0.25) is 0 Å². The van der Waals surface area contributed by atoms with Crippen molar-refractivity contribution >= 4 is 5.97 Å². The fourth-order valence-electron chi connectivity index (χ4n) is 3.12. The molecule has 1 aliphatic rings. The van der Waals surface area contributed by atoms with Gasteiger partial charge in [0, 0.05) is 18.0 Å². The molecule has 0 radical (unpaired) electrons. The minimum absolute atomic E-state index is 0.0933. The molecule has 1 aliphatic carbocycles. The zero-order valence-corrected chi connectivity index (χ0v) is 13.4. The van der Waals surface area contributed by atoms with Crippen LogP contribution in [0.25, 0.3) is 11.4 Å². The average molecular weight is 335 g/mol. The number of carboxylic acid groups (broad SMARTS) is 1. The molecule has 0 bridgehead atoms. The summed E-state index contributed by atoms with van der Waals surface area (Å²) in [5.74, 6) is 0.101. The van der Waals surface area contributed by atoms with Crippen molar-refractivity contribution in [1.29, 1.82) is 0 Å². The number of aromatic nitrogens is 3. The molecule has 6 nitrogen and oxygen atoms in total. The van der Waals surface area contributed by atoms with Crippen molar-refractivity contribution in [1.82, 2.24) is 14.7 Å². The molecular weight excluding hydrogens is 318 g/mol. The molecule has 2 atom stereocenters. The molecule has 126 valence electrons. The zero-order valence-electron chi connectivity index (χ0n) is 13.4. The Morgan fingerprint density at radius 3 is 2.72 bits per heavy atom. The maximum Gasteiger partial charge on any atom is 0.335 e. The third-order valence-electron chi connectivity index (χ3n) is 4.48. The number of nitrogens with zero attached hydrogens (tertiary/aromatic N) is 3. The molecule has 25 heavy (non-hydrogen) atoms. The van der Waals surface area contributed by atoms with E-state index in [0.717, 1.165) is 12.8 Å². The smallest absolute Gasteiger partial charge is 0.335 e. The van der Waals surface area contributed by atoms with Gasteiger partial charge in [0.15, 0.2) is 0 Å². The topological polar surface area (TPSA) is 81.1 Å².